The lowest BCUT2D eigenvalue weighted by molar-refractivity contribution is 0.103. The normalized spacial score (nSPS) is 11.3. The van der Waals surface area contributed by atoms with Gasteiger partial charge in [0.25, 0.3) is 10.0 Å². The molecule has 2 heterocycles. The van der Waals surface area contributed by atoms with Gasteiger partial charge in [-0.15, -0.1) is 0 Å². The molecule has 8 heteroatoms. The molecule has 0 radical (unpaired) electrons. The molecule has 1 N–H and O–H groups in total. The number of carbonyl (C=O) groups is 1. The number of sulfonamides is 1. The Morgan fingerprint density at radius 1 is 0.968 bits per heavy atom. The predicted molar refractivity (Wildman–Crippen MR) is 116 cm³/mol. The molecule has 4 rings (SSSR count). The highest BCUT2D eigenvalue weighted by Gasteiger charge is 2.20. The second-order valence-corrected chi connectivity index (χ2v) is 8.74. The fourth-order valence-electron chi connectivity index (χ4n) is 3.05. The van der Waals surface area contributed by atoms with Crippen molar-refractivity contribution in [3.63, 3.8) is 0 Å². The van der Waals surface area contributed by atoms with Crippen molar-refractivity contribution in [2.75, 3.05) is 4.72 Å². The number of pyridine rings is 1. The Labute approximate surface area is 179 Å². The van der Waals surface area contributed by atoms with Crippen LogP contribution in [-0.2, 0) is 10.0 Å². The highest BCUT2D eigenvalue weighted by atomic mass is 32.2. The maximum atomic E-state index is 13.0. The van der Waals surface area contributed by atoms with Crippen LogP contribution < -0.4 is 4.72 Å². The minimum atomic E-state index is -3.92. The van der Waals surface area contributed by atoms with Gasteiger partial charge in [-0.2, -0.15) is 0 Å². The van der Waals surface area contributed by atoms with E-state index in [0.29, 0.717) is 16.9 Å². The number of oxazole rings is 1. The molecule has 0 saturated heterocycles. The van der Waals surface area contributed by atoms with Gasteiger partial charge in [-0.3, -0.25) is 14.5 Å². The molecule has 0 aliphatic carbocycles. The summed E-state index contributed by atoms with van der Waals surface area (Å²) in [6, 6.07) is 14.6. The lowest BCUT2D eigenvalue weighted by atomic mass is 10.0. The molecule has 2 aromatic carbocycles. The van der Waals surface area contributed by atoms with Crippen molar-refractivity contribution in [2.24, 2.45) is 0 Å². The van der Waals surface area contributed by atoms with Crippen LogP contribution in [0.15, 0.2) is 82.7 Å². The first-order chi connectivity index (χ1) is 14.8. The number of carbonyl (C=O) groups excluding carboxylic acids is 1. The standard InChI is InChI=1S/C23H19N3O4S/c1-15-3-10-21(20(11-15)23(27)18-5-4-16(2)25-12-18)26-31(28,29)19-8-6-17(7-9-19)22-13-24-14-30-22/h3-14,26H,1-2H3. The quantitative estimate of drug-likeness (QED) is 0.453. The molecule has 0 spiro atoms. The van der Waals surface area contributed by atoms with E-state index < -0.39 is 10.0 Å². The van der Waals surface area contributed by atoms with Crippen LogP contribution in [0.4, 0.5) is 5.69 Å². The van der Waals surface area contributed by atoms with E-state index in [-0.39, 0.29) is 21.9 Å². The van der Waals surface area contributed by atoms with Crippen LogP contribution in [0.3, 0.4) is 0 Å². The summed E-state index contributed by atoms with van der Waals surface area (Å²) in [5, 5.41) is 0. The molecule has 0 unspecified atom stereocenters. The number of hydrogen-bond donors (Lipinski definition) is 1. The van der Waals surface area contributed by atoms with Crippen molar-refractivity contribution in [3.05, 3.63) is 95.8 Å². The summed E-state index contributed by atoms with van der Waals surface area (Å²) in [5.41, 5.74) is 3.17. The highest BCUT2D eigenvalue weighted by Crippen LogP contribution is 2.26. The van der Waals surface area contributed by atoms with E-state index in [1.54, 1.807) is 48.7 Å². The van der Waals surface area contributed by atoms with E-state index in [0.717, 1.165) is 11.3 Å². The Morgan fingerprint density at radius 3 is 2.39 bits per heavy atom. The SMILES string of the molecule is Cc1ccc(NS(=O)(=O)c2ccc(-c3cnco3)cc2)c(C(=O)c2ccc(C)nc2)c1. The van der Waals surface area contributed by atoms with Gasteiger partial charge in [0.05, 0.1) is 16.8 Å². The molecule has 7 nitrogen and oxygen atoms in total. The first kappa shape index (κ1) is 20.5. The number of ketones is 1. The molecule has 4 aromatic rings. The third kappa shape index (κ3) is 4.39. The van der Waals surface area contributed by atoms with Crippen LogP contribution in [0.1, 0.15) is 27.2 Å². The van der Waals surface area contributed by atoms with Gasteiger partial charge in [0.1, 0.15) is 0 Å². The van der Waals surface area contributed by atoms with Crippen molar-refractivity contribution in [3.8, 4) is 11.3 Å². The number of hydrogen-bond acceptors (Lipinski definition) is 6. The molecule has 156 valence electrons. The van der Waals surface area contributed by atoms with Crippen molar-refractivity contribution < 1.29 is 17.6 Å². The van der Waals surface area contributed by atoms with Gasteiger partial charge in [0, 0.05) is 28.6 Å². The van der Waals surface area contributed by atoms with Crippen LogP contribution in [0.2, 0.25) is 0 Å². The van der Waals surface area contributed by atoms with Crippen LogP contribution in [0.5, 0.6) is 0 Å². The van der Waals surface area contributed by atoms with Gasteiger partial charge in [-0.1, -0.05) is 11.6 Å². The van der Waals surface area contributed by atoms with Gasteiger partial charge in [-0.25, -0.2) is 13.4 Å². The maximum Gasteiger partial charge on any atom is 0.261 e. The van der Waals surface area contributed by atoms with Crippen LogP contribution in [-0.4, -0.2) is 24.2 Å². The second-order valence-electron chi connectivity index (χ2n) is 7.06. The average molecular weight is 433 g/mol. The Kier molecular flexibility index (Phi) is 5.39. The zero-order valence-corrected chi connectivity index (χ0v) is 17.7. The molecule has 31 heavy (non-hydrogen) atoms. The molecular weight excluding hydrogens is 414 g/mol. The zero-order chi connectivity index (χ0) is 22.0. The summed E-state index contributed by atoms with van der Waals surface area (Å²) in [6.45, 7) is 3.67. The molecular formula is C23H19N3O4S. The predicted octanol–water partition coefficient (Wildman–Crippen LogP) is 4.39. The van der Waals surface area contributed by atoms with Crippen molar-refractivity contribution >= 4 is 21.5 Å². The number of nitrogens with zero attached hydrogens (tertiary/aromatic N) is 2. The summed E-state index contributed by atoms with van der Waals surface area (Å²) in [7, 11) is -3.92. The molecule has 0 fully saturated rings. The van der Waals surface area contributed by atoms with Gasteiger partial charge in [-0.05, 0) is 62.4 Å². The van der Waals surface area contributed by atoms with E-state index in [1.165, 1.54) is 24.7 Å². The van der Waals surface area contributed by atoms with Crippen LogP contribution in [0.25, 0.3) is 11.3 Å². The molecule has 0 aliphatic heterocycles. The number of anilines is 1. The van der Waals surface area contributed by atoms with E-state index in [4.69, 9.17) is 4.42 Å². The highest BCUT2D eigenvalue weighted by molar-refractivity contribution is 7.92. The number of nitrogens with one attached hydrogen (secondary N) is 1. The van der Waals surface area contributed by atoms with Gasteiger partial charge in [0.15, 0.2) is 17.9 Å². The fraction of sp³-hybridized carbons (Fsp3) is 0.0870. The largest absolute Gasteiger partial charge is 0.444 e. The van der Waals surface area contributed by atoms with E-state index in [9.17, 15) is 13.2 Å². The molecule has 0 saturated carbocycles. The average Bonchev–Trinajstić information content (AvgIpc) is 3.30. The Morgan fingerprint density at radius 2 is 1.74 bits per heavy atom. The van der Waals surface area contributed by atoms with Crippen molar-refractivity contribution in [1.29, 1.82) is 0 Å². The first-order valence-corrected chi connectivity index (χ1v) is 10.9. The summed E-state index contributed by atoms with van der Waals surface area (Å²) in [5.74, 6) is 0.226. The summed E-state index contributed by atoms with van der Waals surface area (Å²) in [4.78, 5) is 21.1. The third-order valence-corrected chi connectivity index (χ3v) is 6.10. The molecule has 0 bridgehead atoms. The number of aromatic nitrogens is 2. The Bertz CT molecular complexity index is 1330. The maximum absolute atomic E-state index is 13.0. The smallest absolute Gasteiger partial charge is 0.261 e. The monoisotopic (exact) mass is 433 g/mol. The minimum absolute atomic E-state index is 0.0618. The zero-order valence-electron chi connectivity index (χ0n) is 16.9. The van der Waals surface area contributed by atoms with Crippen LogP contribution in [0, 0.1) is 13.8 Å². The molecule has 2 aromatic heterocycles. The molecule has 0 aliphatic rings. The van der Waals surface area contributed by atoms with Gasteiger partial charge in [0.2, 0.25) is 0 Å². The topological polar surface area (TPSA) is 102 Å². The van der Waals surface area contributed by atoms with E-state index >= 15 is 0 Å². The lowest BCUT2D eigenvalue weighted by Crippen LogP contribution is -2.16. The third-order valence-electron chi connectivity index (χ3n) is 4.72. The van der Waals surface area contributed by atoms with Crippen molar-refractivity contribution in [2.45, 2.75) is 18.7 Å². The second kappa shape index (κ2) is 8.16. The number of aryl methyl sites for hydroxylation is 2. The summed E-state index contributed by atoms with van der Waals surface area (Å²) >= 11 is 0. The van der Waals surface area contributed by atoms with E-state index in [2.05, 4.69) is 14.7 Å². The summed E-state index contributed by atoms with van der Waals surface area (Å²) in [6.07, 6.45) is 4.34. The Balaban J connectivity index is 1.65. The Hall–Kier alpha value is -3.78. The van der Waals surface area contributed by atoms with Crippen LogP contribution >= 0.6 is 0 Å². The number of rotatable bonds is 6. The van der Waals surface area contributed by atoms with E-state index in [1.807, 2.05) is 13.8 Å². The van der Waals surface area contributed by atoms with Crippen molar-refractivity contribution in [1.82, 2.24) is 9.97 Å². The molecule has 0 amide bonds. The van der Waals surface area contributed by atoms with Gasteiger partial charge < -0.3 is 4.42 Å². The lowest BCUT2D eigenvalue weighted by Gasteiger charge is -2.13. The summed E-state index contributed by atoms with van der Waals surface area (Å²) < 4.78 is 33.7. The van der Waals surface area contributed by atoms with Gasteiger partial charge >= 0.3 is 0 Å². The number of benzene rings is 2. The minimum Gasteiger partial charge on any atom is -0.444 e. The fourth-order valence-corrected chi connectivity index (χ4v) is 4.13. The first-order valence-electron chi connectivity index (χ1n) is 9.43. The molecule has 0 atom stereocenters.